The summed E-state index contributed by atoms with van der Waals surface area (Å²) in [5.41, 5.74) is -0.634. The Morgan fingerprint density at radius 1 is 1.35 bits per heavy atom. The normalized spacial score (nSPS) is 13.7. The van der Waals surface area contributed by atoms with Crippen molar-refractivity contribution in [1.82, 2.24) is 4.57 Å². The SMILES string of the molecule is Cn1cc(C[S+](C)[O-])c(=O)c2ccc(C(F)(F)F)cc21. The molecular formula is C13H12F3NO2S. The van der Waals surface area contributed by atoms with Crippen LogP contribution in [0.3, 0.4) is 0 Å². The molecule has 3 nitrogen and oxygen atoms in total. The monoisotopic (exact) mass is 303 g/mol. The van der Waals surface area contributed by atoms with Crippen LogP contribution in [0.4, 0.5) is 13.2 Å². The lowest BCUT2D eigenvalue weighted by Gasteiger charge is -2.12. The molecule has 0 saturated carbocycles. The topological polar surface area (TPSA) is 45.1 Å². The Labute approximate surface area is 116 Å². The van der Waals surface area contributed by atoms with Gasteiger partial charge in [-0.25, -0.2) is 0 Å². The van der Waals surface area contributed by atoms with Crippen LogP contribution in [-0.4, -0.2) is 15.4 Å². The first kappa shape index (κ1) is 14.9. The Balaban J connectivity index is 2.69. The van der Waals surface area contributed by atoms with E-state index < -0.39 is 22.9 Å². The van der Waals surface area contributed by atoms with Crippen molar-refractivity contribution in [2.24, 2.45) is 7.05 Å². The molecule has 2 aromatic rings. The molecule has 0 bridgehead atoms. The zero-order valence-corrected chi connectivity index (χ0v) is 11.6. The van der Waals surface area contributed by atoms with Gasteiger partial charge in [-0.1, -0.05) is 11.2 Å². The van der Waals surface area contributed by atoms with Gasteiger partial charge in [-0.3, -0.25) is 4.79 Å². The predicted octanol–water partition coefficient (Wildman–Crippen LogP) is 2.44. The number of benzene rings is 1. The number of hydrogen-bond acceptors (Lipinski definition) is 2. The van der Waals surface area contributed by atoms with E-state index in [1.54, 1.807) is 7.05 Å². The minimum absolute atomic E-state index is 0.0869. The van der Waals surface area contributed by atoms with Gasteiger partial charge in [0.05, 0.1) is 22.9 Å². The third kappa shape index (κ3) is 2.83. The van der Waals surface area contributed by atoms with Crippen LogP contribution in [0.2, 0.25) is 0 Å². The van der Waals surface area contributed by atoms with Gasteiger partial charge in [0.2, 0.25) is 0 Å². The van der Waals surface area contributed by atoms with E-state index in [4.69, 9.17) is 0 Å². The van der Waals surface area contributed by atoms with Crippen molar-refractivity contribution in [3.8, 4) is 0 Å². The molecule has 0 radical (unpaired) electrons. The van der Waals surface area contributed by atoms with E-state index in [0.29, 0.717) is 5.56 Å². The third-order valence-electron chi connectivity index (χ3n) is 2.95. The van der Waals surface area contributed by atoms with Crippen molar-refractivity contribution in [3.63, 3.8) is 0 Å². The van der Waals surface area contributed by atoms with Crippen molar-refractivity contribution in [3.05, 3.63) is 45.7 Å². The molecule has 1 aromatic carbocycles. The fourth-order valence-electron chi connectivity index (χ4n) is 2.05. The zero-order chi connectivity index (χ0) is 15.1. The van der Waals surface area contributed by atoms with Crippen molar-refractivity contribution >= 4 is 22.1 Å². The second kappa shape index (κ2) is 5.14. The van der Waals surface area contributed by atoms with Crippen LogP contribution in [0.15, 0.2) is 29.2 Å². The summed E-state index contributed by atoms with van der Waals surface area (Å²) in [6, 6.07) is 3.00. The number of alkyl halides is 3. The van der Waals surface area contributed by atoms with E-state index in [-0.39, 0.29) is 22.1 Å². The molecule has 0 spiro atoms. The molecule has 7 heteroatoms. The fraction of sp³-hybridized carbons (Fsp3) is 0.308. The van der Waals surface area contributed by atoms with Gasteiger partial charge in [0.25, 0.3) is 0 Å². The van der Waals surface area contributed by atoms with Crippen LogP contribution in [0, 0.1) is 0 Å². The highest BCUT2D eigenvalue weighted by molar-refractivity contribution is 7.89. The molecule has 108 valence electrons. The maximum atomic E-state index is 12.7. The average molecular weight is 303 g/mol. The summed E-state index contributed by atoms with van der Waals surface area (Å²) in [6.45, 7) is 0. The molecular weight excluding hydrogens is 291 g/mol. The van der Waals surface area contributed by atoms with E-state index in [2.05, 4.69) is 0 Å². The summed E-state index contributed by atoms with van der Waals surface area (Å²) in [5, 5.41) is 0.198. The number of nitrogens with zero attached hydrogens (tertiary/aromatic N) is 1. The van der Waals surface area contributed by atoms with Gasteiger partial charge in [0.1, 0.15) is 5.75 Å². The number of rotatable bonds is 2. The molecule has 0 aliphatic rings. The summed E-state index contributed by atoms with van der Waals surface area (Å²) in [5.74, 6) is 0.0869. The smallest absolute Gasteiger partial charge is 0.416 e. The maximum absolute atomic E-state index is 12.7. The van der Waals surface area contributed by atoms with E-state index in [9.17, 15) is 22.5 Å². The van der Waals surface area contributed by atoms with E-state index in [1.807, 2.05) is 0 Å². The number of aryl methyl sites for hydroxylation is 1. The van der Waals surface area contributed by atoms with Gasteiger partial charge in [-0.05, 0) is 18.2 Å². The quantitative estimate of drug-likeness (QED) is 0.800. The molecule has 2 rings (SSSR count). The van der Waals surface area contributed by atoms with Crippen molar-refractivity contribution in [1.29, 1.82) is 0 Å². The Kier molecular flexibility index (Phi) is 3.84. The molecule has 0 aliphatic carbocycles. The standard InChI is InChI=1S/C13H12F3NO2S/c1-17-6-8(7-20(2)19)12(18)10-4-3-9(5-11(10)17)13(14,15)16/h3-6H,7H2,1-2H3. The molecule has 0 fully saturated rings. The first-order chi connectivity index (χ1) is 9.20. The molecule has 0 amide bonds. The highest BCUT2D eigenvalue weighted by atomic mass is 32.2. The number of hydrogen-bond donors (Lipinski definition) is 0. The van der Waals surface area contributed by atoms with E-state index in [0.717, 1.165) is 12.1 Å². The number of aromatic nitrogens is 1. The molecule has 0 saturated heterocycles. The first-order valence-corrected chi connectivity index (χ1v) is 7.42. The number of halogens is 3. The molecule has 1 unspecified atom stereocenters. The molecule has 0 N–H and O–H groups in total. The molecule has 1 aromatic heterocycles. The Hall–Kier alpha value is -1.47. The van der Waals surface area contributed by atoms with Gasteiger partial charge < -0.3 is 9.12 Å². The summed E-state index contributed by atoms with van der Waals surface area (Å²) < 4.78 is 50.7. The Bertz CT molecular complexity index is 707. The van der Waals surface area contributed by atoms with Gasteiger partial charge in [0.15, 0.2) is 5.43 Å². The van der Waals surface area contributed by atoms with Crippen LogP contribution in [0.25, 0.3) is 10.9 Å². The summed E-state index contributed by atoms with van der Waals surface area (Å²) in [4.78, 5) is 12.1. The highest BCUT2D eigenvalue weighted by Gasteiger charge is 2.30. The lowest BCUT2D eigenvalue weighted by Crippen LogP contribution is -2.17. The highest BCUT2D eigenvalue weighted by Crippen LogP contribution is 2.30. The van der Waals surface area contributed by atoms with Gasteiger partial charge in [0, 0.05) is 18.6 Å². The Morgan fingerprint density at radius 2 is 2.00 bits per heavy atom. The van der Waals surface area contributed by atoms with Crippen molar-refractivity contribution in [2.75, 3.05) is 6.26 Å². The number of pyridine rings is 1. The van der Waals surface area contributed by atoms with Gasteiger partial charge >= 0.3 is 6.18 Å². The zero-order valence-electron chi connectivity index (χ0n) is 10.8. The summed E-state index contributed by atoms with van der Waals surface area (Å²) in [7, 11) is 1.56. The minimum Gasteiger partial charge on any atom is -0.616 e. The third-order valence-corrected chi connectivity index (χ3v) is 3.67. The van der Waals surface area contributed by atoms with Crippen molar-refractivity contribution < 1.29 is 17.7 Å². The van der Waals surface area contributed by atoms with Crippen LogP contribution < -0.4 is 5.43 Å². The van der Waals surface area contributed by atoms with E-state index in [1.165, 1.54) is 23.1 Å². The number of fused-ring (bicyclic) bond motifs is 1. The van der Waals surface area contributed by atoms with Crippen LogP contribution in [0.5, 0.6) is 0 Å². The Morgan fingerprint density at radius 3 is 2.55 bits per heavy atom. The van der Waals surface area contributed by atoms with Gasteiger partial charge in [-0.2, -0.15) is 13.2 Å². The largest absolute Gasteiger partial charge is 0.616 e. The molecule has 20 heavy (non-hydrogen) atoms. The lowest BCUT2D eigenvalue weighted by atomic mass is 10.1. The van der Waals surface area contributed by atoms with Crippen LogP contribution in [-0.2, 0) is 30.2 Å². The fourth-order valence-corrected chi connectivity index (χ4v) is 2.69. The maximum Gasteiger partial charge on any atom is 0.416 e. The molecule has 1 heterocycles. The van der Waals surface area contributed by atoms with Crippen molar-refractivity contribution in [2.45, 2.75) is 11.9 Å². The van der Waals surface area contributed by atoms with Crippen LogP contribution >= 0.6 is 0 Å². The summed E-state index contributed by atoms with van der Waals surface area (Å²) >= 11 is -1.19. The van der Waals surface area contributed by atoms with Gasteiger partial charge in [-0.15, -0.1) is 0 Å². The second-order valence-electron chi connectivity index (χ2n) is 4.54. The van der Waals surface area contributed by atoms with E-state index >= 15 is 0 Å². The van der Waals surface area contributed by atoms with Crippen LogP contribution in [0.1, 0.15) is 11.1 Å². The first-order valence-electron chi connectivity index (χ1n) is 5.69. The predicted molar refractivity (Wildman–Crippen MR) is 72.0 cm³/mol. The summed E-state index contributed by atoms with van der Waals surface area (Å²) in [6.07, 6.45) is -1.55. The second-order valence-corrected chi connectivity index (χ2v) is 5.98. The molecule has 0 aliphatic heterocycles. The minimum atomic E-state index is -4.45. The average Bonchev–Trinajstić information content (AvgIpc) is 2.33. The molecule has 1 atom stereocenters. The lowest BCUT2D eigenvalue weighted by molar-refractivity contribution is -0.137.